The minimum atomic E-state index is -0.851. The van der Waals surface area contributed by atoms with Crippen LogP contribution in [0.25, 0.3) is 0 Å². The summed E-state index contributed by atoms with van der Waals surface area (Å²) in [7, 11) is 0. The molecule has 0 aromatic carbocycles. The minimum Gasteiger partial charge on any atom is -0.481 e. The number of nitrogens with zero attached hydrogens (tertiary/aromatic N) is 2. The Bertz CT molecular complexity index is 391. The number of carbonyl (C=O) groups is 1. The van der Waals surface area contributed by atoms with Crippen molar-refractivity contribution >= 4 is 17.3 Å². The third-order valence-electron chi connectivity index (χ3n) is 2.19. The van der Waals surface area contributed by atoms with Gasteiger partial charge in [0.25, 0.3) is 0 Å². The first-order chi connectivity index (χ1) is 8.17. The molecule has 17 heavy (non-hydrogen) atoms. The lowest BCUT2D eigenvalue weighted by Gasteiger charge is -2.17. The zero-order valence-electron chi connectivity index (χ0n) is 9.63. The molecule has 1 aromatic rings. The van der Waals surface area contributed by atoms with E-state index in [4.69, 9.17) is 5.11 Å². The Morgan fingerprint density at radius 2 is 2.12 bits per heavy atom. The highest BCUT2D eigenvalue weighted by molar-refractivity contribution is 7.09. The van der Waals surface area contributed by atoms with Crippen LogP contribution in [0.5, 0.6) is 0 Å². The number of aromatic nitrogens is 1. The van der Waals surface area contributed by atoms with E-state index >= 15 is 0 Å². The third kappa shape index (κ3) is 4.50. The highest BCUT2D eigenvalue weighted by Crippen LogP contribution is 2.16. The molecular weight excluding hydrogens is 236 g/mol. The molecule has 0 unspecified atom stereocenters. The Morgan fingerprint density at radius 3 is 2.65 bits per heavy atom. The van der Waals surface area contributed by atoms with E-state index in [1.807, 2.05) is 12.2 Å². The van der Waals surface area contributed by atoms with Crippen molar-refractivity contribution in [2.45, 2.75) is 13.0 Å². The second-order valence-corrected chi connectivity index (χ2v) is 4.50. The zero-order chi connectivity index (χ0) is 12.7. The highest BCUT2D eigenvalue weighted by Gasteiger charge is 2.12. The largest absolute Gasteiger partial charge is 0.481 e. The summed E-state index contributed by atoms with van der Waals surface area (Å²) in [4.78, 5) is 17.9. The van der Waals surface area contributed by atoms with E-state index in [9.17, 15) is 4.79 Å². The summed E-state index contributed by atoms with van der Waals surface area (Å²) < 4.78 is 0. The quantitative estimate of drug-likeness (QED) is 0.718. The number of carboxylic acid groups (broad SMARTS) is 1. The lowest BCUT2D eigenvalue weighted by atomic mass is 10.2. The molecule has 1 rings (SSSR count). The second kappa shape index (κ2) is 6.98. The molecule has 0 aliphatic rings. The van der Waals surface area contributed by atoms with Crippen molar-refractivity contribution in [1.29, 1.82) is 0 Å². The van der Waals surface area contributed by atoms with Crippen molar-refractivity contribution in [1.82, 2.24) is 9.88 Å². The fourth-order valence-electron chi connectivity index (χ4n) is 1.48. The van der Waals surface area contributed by atoms with Crippen molar-refractivity contribution in [3.63, 3.8) is 0 Å². The molecule has 0 saturated carbocycles. The number of rotatable bonds is 8. The first kappa shape index (κ1) is 13.6. The topological polar surface area (TPSA) is 53.4 Å². The maximum absolute atomic E-state index is 10.7. The van der Waals surface area contributed by atoms with E-state index in [2.05, 4.69) is 23.0 Å². The van der Waals surface area contributed by atoms with E-state index in [0.717, 1.165) is 18.0 Å². The van der Waals surface area contributed by atoms with E-state index in [1.54, 1.807) is 5.51 Å². The number of hydrogen-bond donors (Lipinski definition) is 1. The van der Waals surface area contributed by atoms with Gasteiger partial charge in [-0.15, -0.1) is 24.5 Å². The van der Waals surface area contributed by atoms with Crippen molar-refractivity contribution in [2.24, 2.45) is 0 Å². The smallest absolute Gasteiger partial charge is 0.309 e. The van der Waals surface area contributed by atoms with E-state index in [-0.39, 0.29) is 6.42 Å². The van der Waals surface area contributed by atoms with E-state index in [1.165, 1.54) is 11.3 Å². The van der Waals surface area contributed by atoms with Gasteiger partial charge in [0.1, 0.15) is 0 Å². The van der Waals surface area contributed by atoms with E-state index < -0.39 is 5.97 Å². The van der Waals surface area contributed by atoms with Crippen molar-refractivity contribution < 1.29 is 9.90 Å². The zero-order valence-corrected chi connectivity index (χ0v) is 10.4. The molecule has 0 radical (unpaired) electrons. The monoisotopic (exact) mass is 252 g/mol. The Balaban J connectivity index is 2.70. The molecule has 5 heteroatoms. The Kier molecular flexibility index (Phi) is 5.59. The van der Waals surface area contributed by atoms with Crippen LogP contribution in [-0.2, 0) is 17.8 Å². The van der Waals surface area contributed by atoms with Gasteiger partial charge in [-0.1, -0.05) is 12.2 Å². The molecule has 0 aliphatic heterocycles. The standard InChI is InChI=1S/C12H16N2O2S/c1-3-5-14(6-4-2)8-11-10(7-12(15)16)13-9-17-11/h3-4,9H,1-2,5-8H2,(H,15,16). The normalized spacial score (nSPS) is 10.4. The van der Waals surface area contributed by atoms with Crippen molar-refractivity contribution in [2.75, 3.05) is 13.1 Å². The average molecular weight is 252 g/mol. The summed E-state index contributed by atoms with van der Waals surface area (Å²) in [6, 6.07) is 0. The van der Waals surface area contributed by atoms with Crippen LogP contribution in [-0.4, -0.2) is 34.0 Å². The molecule has 4 nitrogen and oxygen atoms in total. The van der Waals surface area contributed by atoms with Crippen LogP contribution in [0, 0.1) is 0 Å². The lowest BCUT2D eigenvalue weighted by Crippen LogP contribution is -2.23. The predicted octanol–water partition coefficient (Wildman–Crippen LogP) is 1.94. The van der Waals surface area contributed by atoms with Gasteiger partial charge in [0.15, 0.2) is 0 Å². The maximum Gasteiger partial charge on any atom is 0.309 e. The lowest BCUT2D eigenvalue weighted by molar-refractivity contribution is -0.136. The first-order valence-corrected chi connectivity index (χ1v) is 6.12. The molecule has 0 saturated heterocycles. The van der Waals surface area contributed by atoms with Crippen LogP contribution in [0.1, 0.15) is 10.6 Å². The van der Waals surface area contributed by atoms with E-state index in [0.29, 0.717) is 12.2 Å². The Hall–Kier alpha value is -1.46. The van der Waals surface area contributed by atoms with Gasteiger partial charge >= 0.3 is 5.97 Å². The van der Waals surface area contributed by atoms with Gasteiger partial charge in [-0.25, -0.2) is 4.98 Å². The fourth-order valence-corrected chi connectivity index (χ4v) is 2.31. The van der Waals surface area contributed by atoms with Crippen LogP contribution in [0.3, 0.4) is 0 Å². The van der Waals surface area contributed by atoms with Crippen LogP contribution >= 0.6 is 11.3 Å². The average Bonchev–Trinajstić information content (AvgIpc) is 2.65. The van der Waals surface area contributed by atoms with Gasteiger partial charge < -0.3 is 5.11 Å². The highest BCUT2D eigenvalue weighted by atomic mass is 32.1. The summed E-state index contributed by atoms with van der Waals surface area (Å²) in [5.41, 5.74) is 2.34. The second-order valence-electron chi connectivity index (χ2n) is 3.56. The van der Waals surface area contributed by atoms with Gasteiger partial charge in [0.05, 0.1) is 17.6 Å². The molecule has 0 bridgehead atoms. The summed E-state index contributed by atoms with van der Waals surface area (Å²) in [6.45, 7) is 9.58. The molecule has 1 N–H and O–H groups in total. The van der Waals surface area contributed by atoms with Gasteiger partial charge in [-0.05, 0) is 0 Å². The van der Waals surface area contributed by atoms with Crippen molar-refractivity contribution in [3.8, 4) is 0 Å². The molecule has 92 valence electrons. The van der Waals surface area contributed by atoms with Crippen LogP contribution in [0.2, 0.25) is 0 Å². The van der Waals surface area contributed by atoms with Crippen LogP contribution < -0.4 is 0 Å². The Labute approximate surface area is 105 Å². The molecule has 1 aromatic heterocycles. The number of thiazole rings is 1. The fraction of sp³-hybridized carbons (Fsp3) is 0.333. The molecule has 0 amide bonds. The number of aliphatic carboxylic acids is 1. The molecular formula is C12H16N2O2S. The Morgan fingerprint density at radius 1 is 1.47 bits per heavy atom. The molecule has 0 aliphatic carbocycles. The van der Waals surface area contributed by atoms with Gasteiger partial charge in [-0.3, -0.25) is 9.69 Å². The first-order valence-electron chi connectivity index (χ1n) is 5.24. The summed E-state index contributed by atoms with van der Waals surface area (Å²) in [6.07, 6.45) is 3.62. The summed E-state index contributed by atoms with van der Waals surface area (Å²) in [5, 5.41) is 8.77. The van der Waals surface area contributed by atoms with Crippen LogP contribution in [0.4, 0.5) is 0 Å². The third-order valence-corrected chi connectivity index (χ3v) is 3.05. The van der Waals surface area contributed by atoms with Gasteiger partial charge in [0.2, 0.25) is 0 Å². The van der Waals surface area contributed by atoms with Crippen molar-refractivity contribution in [3.05, 3.63) is 41.4 Å². The van der Waals surface area contributed by atoms with Gasteiger partial charge in [-0.2, -0.15) is 0 Å². The molecule has 0 atom stereocenters. The molecule has 0 spiro atoms. The number of hydrogen-bond acceptors (Lipinski definition) is 4. The maximum atomic E-state index is 10.7. The summed E-state index contributed by atoms with van der Waals surface area (Å²) in [5.74, 6) is -0.851. The van der Waals surface area contributed by atoms with Crippen LogP contribution in [0.15, 0.2) is 30.8 Å². The molecule has 0 fully saturated rings. The predicted molar refractivity (Wildman–Crippen MR) is 69.1 cm³/mol. The SMILES string of the molecule is C=CCN(CC=C)Cc1scnc1CC(=O)O. The molecule has 1 heterocycles. The summed E-state index contributed by atoms with van der Waals surface area (Å²) >= 11 is 1.49. The number of carboxylic acids is 1. The van der Waals surface area contributed by atoms with Gasteiger partial charge in [0, 0.05) is 24.5 Å². The minimum absolute atomic E-state index is 0.0190.